The molecule has 0 saturated carbocycles. The number of anilines is 2. The smallest absolute Gasteiger partial charge is 0.237 e. The van der Waals surface area contributed by atoms with E-state index in [1.807, 2.05) is 0 Å². The molecule has 2 amide bonds. The largest absolute Gasteiger partial charge is 0.486 e. The maximum absolute atomic E-state index is 12.8. The van der Waals surface area contributed by atoms with Crippen molar-refractivity contribution in [2.45, 2.75) is 6.42 Å². The summed E-state index contributed by atoms with van der Waals surface area (Å²) >= 11 is 0. The summed E-state index contributed by atoms with van der Waals surface area (Å²) in [7, 11) is 1.58. The normalized spacial score (nSPS) is 17.7. The lowest BCUT2D eigenvalue weighted by Gasteiger charge is -2.22. The third kappa shape index (κ3) is 4.30. The van der Waals surface area contributed by atoms with Crippen LogP contribution in [0, 0.1) is 5.92 Å². The molecule has 1 atom stereocenters. The molecule has 0 aliphatic carbocycles. The number of rotatable bonds is 7. The molecule has 9 nitrogen and oxygen atoms in total. The van der Waals surface area contributed by atoms with Gasteiger partial charge in [0.2, 0.25) is 17.7 Å². The maximum atomic E-state index is 12.8. The highest BCUT2D eigenvalue weighted by Gasteiger charge is 2.36. The van der Waals surface area contributed by atoms with Gasteiger partial charge in [-0.15, -0.1) is 0 Å². The molecular formula is C21H23N3O6. The highest BCUT2D eigenvalue weighted by Crippen LogP contribution is 2.36. The monoisotopic (exact) mass is 413 g/mol. The van der Waals surface area contributed by atoms with Gasteiger partial charge in [0.15, 0.2) is 11.5 Å². The number of hydrogen-bond acceptors (Lipinski definition) is 7. The Kier molecular flexibility index (Phi) is 5.99. The number of pyridine rings is 1. The summed E-state index contributed by atoms with van der Waals surface area (Å²) in [5.41, 5.74) is 1.15. The van der Waals surface area contributed by atoms with Crippen LogP contribution in [-0.2, 0) is 14.3 Å². The number of carbonyl (C=O) groups is 2. The Bertz CT molecular complexity index is 935. The van der Waals surface area contributed by atoms with E-state index in [1.165, 1.54) is 0 Å². The van der Waals surface area contributed by atoms with E-state index in [2.05, 4.69) is 10.3 Å². The number of carbonyl (C=O) groups excluding carboxylic acids is 2. The number of hydrogen-bond donors (Lipinski definition) is 1. The lowest BCUT2D eigenvalue weighted by atomic mass is 10.1. The topological polar surface area (TPSA) is 99.2 Å². The molecular weight excluding hydrogens is 390 g/mol. The average Bonchev–Trinajstić information content (AvgIpc) is 3.16. The Morgan fingerprint density at radius 3 is 2.90 bits per heavy atom. The Labute approximate surface area is 173 Å². The third-order valence-corrected chi connectivity index (χ3v) is 4.89. The molecule has 0 radical (unpaired) electrons. The van der Waals surface area contributed by atoms with Crippen molar-refractivity contribution in [3.05, 3.63) is 36.5 Å². The van der Waals surface area contributed by atoms with Crippen molar-refractivity contribution in [1.82, 2.24) is 4.98 Å². The van der Waals surface area contributed by atoms with Gasteiger partial charge in [0, 0.05) is 38.0 Å². The standard InChI is InChI=1S/C21H23N3O6/c1-27-7-8-30-21-16(3-2-6-22-21)23-20(26)14-11-19(25)24(13-14)15-4-5-17-18(12-15)29-10-9-28-17/h2-6,12,14H,7-11,13H2,1H3,(H,23,26). The van der Waals surface area contributed by atoms with E-state index in [9.17, 15) is 9.59 Å². The third-order valence-electron chi connectivity index (χ3n) is 4.89. The summed E-state index contributed by atoms with van der Waals surface area (Å²) in [6.45, 7) is 1.98. The van der Waals surface area contributed by atoms with Gasteiger partial charge in [-0.2, -0.15) is 0 Å². The van der Waals surface area contributed by atoms with Crippen LogP contribution in [0.1, 0.15) is 6.42 Å². The van der Waals surface area contributed by atoms with E-state index in [1.54, 1.807) is 48.5 Å². The minimum atomic E-state index is -0.488. The second kappa shape index (κ2) is 9.00. The number of methoxy groups -OCH3 is 1. The minimum absolute atomic E-state index is 0.116. The zero-order valence-electron chi connectivity index (χ0n) is 16.6. The molecule has 2 aliphatic heterocycles. The van der Waals surface area contributed by atoms with Crippen LogP contribution in [0.25, 0.3) is 0 Å². The van der Waals surface area contributed by atoms with E-state index in [-0.39, 0.29) is 24.8 Å². The molecule has 1 unspecified atom stereocenters. The fourth-order valence-electron chi connectivity index (χ4n) is 3.39. The molecule has 1 N–H and O–H groups in total. The Morgan fingerprint density at radius 1 is 1.23 bits per heavy atom. The summed E-state index contributed by atoms with van der Waals surface area (Å²) in [5, 5.41) is 2.83. The van der Waals surface area contributed by atoms with Gasteiger partial charge < -0.3 is 29.2 Å². The van der Waals surface area contributed by atoms with Crippen LogP contribution >= 0.6 is 0 Å². The van der Waals surface area contributed by atoms with Crippen molar-refractivity contribution in [2.75, 3.05) is 50.3 Å². The van der Waals surface area contributed by atoms with Crippen LogP contribution in [0.15, 0.2) is 36.5 Å². The van der Waals surface area contributed by atoms with Gasteiger partial charge in [0.05, 0.1) is 12.5 Å². The molecule has 0 spiro atoms. The van der Waals surface area contributed by atoms with Crippen molar-refractivity contribution >= 4 is 23.2 Å². The molecule has 1 aromatic carbocycles. The summed E-state index contributed by atoms with van der Waals surface area (Å²) in [5.74, 6) is 0.715. The lowest BCUT2D eigenvalue weighted by Crippen LogP contribution is -2.28. The average molecular weight is 413 g/mol. The SMILES string of the molecule is COCCOc1ncccc1NC(=O)C1CC(=O)N(c2ccc3c(c2)OCCO3)C1. The summed E-state index contributed by atoms with van der Waals surface area (Å²) < 4.78 is 21.6. The van der Waals surface area contributed by atoms with E-state index in [0.29, 0.717) is 55.2 Å². The number of amides is 2. The lowest BCUT2D eigenvalue weighted by molar-refractivity contribution is -0.122. The van der Waals surface area contributed by atoms with Gasteiger partial charge in [0.1, 0.15) is 25.5 Å². The second-order valence-electron chi connectivity index (χ2n) is 6.92. The van der Waals surface area contributed by atoms with Gasteiger partial charge in [0.25, 0.3) is 0 Å². The number of benzene rings is 1. The highest BCUT2D eigenvalue weighted by atomic mass is 16.6. The Balaban J connectivity index is 1.43. The van der Waals surface area contributed by atoms with Crippen molar-refractivity contribution in [3.8, 4) is 17.4 Å². The number of nitrogens with one attached hydrogen (secondary N) is 1. The Hall–Kier alpha value is -3.33. The molecule has 158 valence electrons. The van der Waals surface area contributed by atoms with Crippen molar-refractivity contribution < 1.29 is 28.5 Å². The van der Waals surface area contributed by atoms with Gasteiger partial charge in [-0.3, -0.25) is 9.59 Å². The number of nitrogens with zero attached hydrogens (tertiary/aromatic N) is 2. The number of aromatic nitrogens is 1. The first-order valence-corrected chi connectivity index (χ1v) is 9.73. The van der Waals surface area contributed by atoms with Crippen LogP contribution in [0.3, 0.4) is 0 Å². The van der Waals surface area contributed by atoms with E-state index in [0.717, 1.165) is 0 Å². The molecule has 2 aliphatic rings. The summed E-state index contributed by atoms with van der Waals surface area (Å²) in [4.78, 5) is 31.1. The molecule has 1 saturated heterocycles. The van der Waals surface area contributed by atoms with Crippen LogP contribution in [-0.4, -0.2) is 56.9 Å². The first-order valence-electron chi connectivity index (χ1n) is 9.73. The van der Waals surface area contributed by atoms with E-state index >= 15 is 0 Å². The van der Waals surface area contributed by atoms with Crippen molar-refractivity contribution in [2.24, 2.45) is 5.92 Å². The molecule has 30 heavy (non-hydrogen) atoms. The molecule has 2 aromatic rings. The second-order valence-corrected chi connectivity index (χ2v) is 6.92. The van der Waals surface area contributed by atoms with Gasteiger partial charge >= 0.3 is 0 Å². The predicted molar refractivity (Wildman–Crippen MR) is 108 cm³/mol. The van der Waals surface area contributed by atoms with Crippen LogP contribution < -0.4 is 24.4 Å². The highest BCUT2D eigenvalue weighted by molar-refractivity contribution is 6.04. The first-order chi connectivity index (χ1) is 14.7. The van der Waals surface area contributed by atoms with Crippen molar-refractivity contribution in [3.63, 3.8) is 0 Å². The van der Waals surface area contributed by atoms with Gasteiger partial charge in [-0.05, 0) is 24.3 Å². The molecule has 9 heteroatoms. The Morgan fingerprint density at radius 2 is 2.07 bits per heavy atom. The van der Waals surface area contributed by atoms with Crippen LogP contribution in [0.5, 0.6) is 17.4 Å². The molecule has 0 bridgehead atoms. The molecule has 3 heterocycles. The fourth-order valence-corrected chi connectivity index (χ4v) is 3.39. The van der Waals surface area contributed by atoms with Crippen molar-refractivity contribution in [1.29, 1.82) is 0 Å². The van der Waals surface area contributed by atoms with Crippen LogP contribution in [0.4, 0.5) is 11.4 Å². The molecule has 1 aromatic heterocycles. The van der Waals surface area contributed by atoms with Gasteiger partial charge in [-0.1, -0.05) is 0 Å². The zero-order valence-corrected chi connectivity index (χ0v) is 16.6. The fraction of sp³-hybridized carbons (Fsp3) is 0.381. The number of fused-ring (bicyclic) bond motifs is 1. The quantitative estimate of drug-likeness (QED) is 0.692. The van der Waals surface area contributed by atoms with Gasteiger partial charge in [-0.25, -0.2) is 4.98 Å². The van der Waals surface area contributed by atoms with E-state index in [4.69, 9.17) is 18.9 Å². The van der Waals surface area contributed by atoms with Crippen LogP contribution in [0.2, 0.25) is 0 Å². The molecule has 1 fully saturated rings. The predicted octanol–water partition coefficient (Wildman–Crippen LogP) is 1.87. The summed E-state index contributed by atoms with van der Waals surface area (Å²) in [6, 6.07) is 8.77. The zero-order chi connectivity index (χ0) is 20.9. The minimum Gasteiger partial charge on any atom is -0.486 e. The summed E-state index contributed by atoms with van der Waals surface area (Å²) in [6.07, 6.45) is 1.71. The molecule has 4 rings (SSSR count). The van der Waals surface area contributed by atoms with E-state index < -0.39 is 5.92 Å². The first kappa shape index (κ1) is 20.0. The maximum Gasteiger partial charge on any atom is 0.237 e. The number of ether oxygens (including phenoxy) is 4.